The van der Waals surface area contributed by atoms with Crippen LogP contribution in [0.1, 0.15) is 72.8 Å². The maximum absolute atomic E-state index is 12.9. The Hall–Kier alpha value is -4.68. The number of nitrogens with zero attached hydrogens (tertiary/aromatic N) is 3. The van der Waals surface area contributed by atoms with Gasteiger partial charge in [-0.3, -0.25) is 9.69 Å². The Kier molecular flexibility index (Phi) is 12.9. The summed E-state index contributed by atoms with van der Waals surface area (Å²) in [5.74, 6) is -0.750. The maximum Gasteiger partial charge on any atom is 0.416 e. The van der Waals surface area contributed by atoms with Crippen molar-refractivity contribution in [3.8, 4) is 0 Å². The quantitative estimate of drug-likeness (QED) is 0.177. The summed E-state index contributed by atoms with van der Waals surface area (Å²) in [7, 11) is 0. The lowest BCUT2D eigenvalue weighted by molar-refractivity contribution is -0.157. The van der Waals surface area contributed by atoms with Crippen LogP contribution in [0.15, 0.2) is 59.9 Å². The molecule has 1 aliphatic heterocycles. The molecule has 3 amide bonds. The van der Waals surface area contributed by atoms with Gasteiger partial charge in [0.15, 0.2) is 0 Å². The number of aromatic nitrogens is 1. The molecule has 13 nitrogen and oxygen atoms in total. The van der Waals surface area contributed by atoms with Gasteiger partial charge < -0.3 is 29.7 Å². The van der Waals surface area contributed by atoms with Gasteiger partial charge in [-0.1, -0.05) is 41.6 Å². The van der Waals surface area contributed by atoms with Crippen LogP contribution in [0.25, 0.3) is 0 Å². The van der Waals surface area contributed by atoms with Crippen molar-refractivity contribution >= 4 is 35.6 Å². The SMILES string of the molecule is CC(C)(C)OC(=O)[C@H](CNC(=O)C1=NOC(CCCCN(C(=O)OC(C)(C)C)c2ccccn2)C1)NC(=O)OCc1ccccc1. The first-order valence-corrected chi connectivity index (χ1v) is 15.3. The normalized spacial score (nSPS) is 15.1. The van der Waals surface area contributed by atoms with Crippen LogP contribution in [0, 0.1) is 0 Å². The fourth-order valence-corrected chi connectivity index (χ4v) is 4.26. The molecule has 1 aliphatic rings. The van der Waals surface area contributed by atoms with Crippen molar-refractivity contribution in [3.63, 3.8) is 0 Å². The van der Waals surface area contributed by atoms with Crippen LogP contribution in [0.5, 0.6) is 0 Å². The second-order valence-electron chi connectivity index (χ2n) is 12.8. The Morgan fingerprint density at radius 2 is 1.65 bits per heavy atom. The Labute approximate surface area is 270 Å². The molecule has 13 heteroatoms. The molecule has 1 aromatic carbocycles. The lowest BCUT2D eigenvalue weighted by Crippen LogP contribution is -2.51. The lowest BCUT2D eigenvalue weighted by atomic mass is 10.1. The zero-order chi connectivity index (χ0) is 33.7. The van der Waals surface area contributed by atoms with Gasteiger partial charge in [0.1, 0.15) is 41.5 Å². The molecule has 2 aromatic rings. The molecule has 1 aromatic heterocycles. The number of ether oxygens (including phenoxy) is 3. The molecular formula is C33H45N5O8. The van der Waals surface area contributed by atoms with E-state index in [9.17, 15) is 19.2 Å². The number of hydrogen-bond donors (Lipinski definition) is 2. The maximum atomic E-state index is 12.9. The topological polar surface area (TPSA) is 158 Å². The number of nitrogens with one attached hydrogen (secondary N) is 2. The minimum Gasteiger partial charge on any atom is -0.458 e. The predicted molar refractivity (Wildman–Crippen MR) is 171 cm³/mol. The molecule has 0 aliphatic carbocycles. The van der Waals surface area contributed by atoms with Gasteiger partial charge in [-0.2, -0.15) is 0 Å². The zero-order valence-electron chi connectivity index (χ0n) is 27.4. The smallest absolute Gasteiger partial charge is 0.416 e. The second-order valence-corrected chi connectivity index (χ2v) is 12.8. The largest absolute Gasteiger partial charge is 0.458 e. The number of carbonyl (C=O) groups is 4. The molecule has 2 heterocycles. The predicted octanol–water partition coefficient (Wildman–Crippen LogP) is 4.89. The highest BCUT2D eigenvalue weighted by Crippen LogP contribution is 2.20. The van der Waals surface area contributed by atoms with Crippen molar-refractivity contribution < 1.29 is 38.2 Å². The number of alkyl carbamates (subject to hydrolysis) is 1. The van der Waals surface area contributed by atoms with E-state index in [0.29, 0.717) is 31.6 Å². The van der Waals surface area contributed by atoms with Gasteiger partial charge in [0, 0.05) is 25.7 Å². The van der Waals surface area contributed by atoms with E-state index in [1.165, 1.54) is 4.90 Å². The summed E-state index contributed by atoms with van der Waals surface area (Å²) in [6, 6.07) is 13.2. The average molecular weight is 640 g/mol. The number of benzene rings is 1. The molecule has 46 heavy (non-hydrogen) atoms. The molecule has 0 saturated heterocycles. The van der Waals surface area contributed by atoms with Gasteiger partial charge in [-0.05, 0) is 78.5 Å². The standard InChI is InChI=1S/C33H45N5O8/c1-32(2,3)44-29(40)26(36-30(41)43-22-23-14-8-7-9-15-23)21-35-28(39)25-20-24(46-37-25)16-11-13-19-38(27-17-10-12-18-34-27)31(42)45-33(4,5)6/h7-10,12,14-15,17-18,24,26H,11,13,16,19-22H2,1-6H3,(H,35,39)(H,36,41)/t24?,26-/m0/s1. The van der Waals surface area contributed by atoms with Gasteiger partial charge in [-0.15, -0.1) is 0 Å². The number of carbonyl (C=O) groups excluding carboxylic acids is 4. The van der Waals surface area contributed by atoms with Crippen LogP contribution >= 0.6 is 0 Å². The number of rotatable bonds is 13. The minimum atomic E-state index is -1.20. The highest BCUT2D eigenvalue weighted by molar-refractivity contribution is 6.39. The molecule has 3 rings (SSSR count). The second kappa shape index (κ2) is 16.6. The Bertz CT molecular complexity index is 1340. The zero-order valence-corrected chi connectivity index (χ0v) is 27.4. The molecule has 0 radical (unpaired) electrons. The van der Waals surface area contributed by atoms with E-state index in [2.05, 4.69) is 20.8 Å². The average Bonchev–Trinajstić information content (AvgIpc) is 3.46. The van der Waals surface area contributed by atoms with E-state index in [4.69, 9.17) is 19.0 Å². The number of pyridine rings is 1. The highest BCUT2D eigenvalue weighted by Gasteiger charge is 2.31. The van der Waals surface area contributed by atoms with Crippen LogP contribution in [0.3, 0.4) is 0 Å². The van der Waals surface area contributed by atoms with E-state index in [1.807, 2.05) is 39.0 Å². The van der Waals surface area contributed by atoms with Gasteiger partial charge >= 0.3 is 18.2 Å². The molecular weight excluding hydrogens is 594 g/mol. The summed E-state index contributed by atoms with van der Waals surface area (Å²) in [5.41, 5.74) is -0.511. The van der Waals surface area contributed by atoms with E-state index in [1.54, 1.807) is 57.3 Å². The molecule has 0 spiro atoms. The van der Waals surface area contributed by atoms with E-state index < -0.39 is 41.3 Å². The van der Waals surface area contributed by atoms with E-state index in [0.717, 1.165) is 5.56 Å². The van der Waals surface area contributed by atoms with Crippen LogP contribution in [0.4, 0.5) is 15.4 Å². The molecule has 0 fully saturated rings. The lowest BCUT2D eigenvalue weighted by Gasteiger charge is -2.26. The third-order valence-corrected chi connectivity index (χ3v) is 6.36. The van der Waals surface area contributed by atoms with E-state index >= 15 is 0 Å². The van der Waals surface area contributed by atoms with Gasteiger partial charge in [0.05, 0.1) is 0 Å². The molecule has 1 unspecified atom stereocenters. The molecule has 250 valence electrons. The number of anilines is 1. The first-order valence-electron chi connectivity index (χ1n) is 15.3. The van der Waals surface area contributed by atoms with Crippen molar-refractivity contribution in [2.24, 2.45) is 5.16 Å². The fraction of sp³-hybridized carbons (Fsp3) is 0.515. The van der Waals surface area contributed by atoms with Crippen molar-refractivity contribution in [1.29, 1.82) is 0 Å². The van der Waals surface area contributed by atoms with Gasteiger partial charge in [0.2, 0.25) is 0 Å². The summed E-state index contributed by atoms with van der Waals surface area (Å²) in [4.78, 5) is 62.2. The minimum absolute atomic E-state index is 0.0117. The number of unbranched alkanes of at least 4 members (excludes halogenated alkanes) is 1. The fourth-order valence-electron chi connectivity index (χ4n) is 4.26. The number of oxime groups is 1. The summed E-state index contributed by atoms with van der Waals surface area (Å²) in [6.45, 7) is 10.7. The number of hydrogen-bond acceptors (Lipinski definition) is 10. The van der Waals surface area contributed by atoms with Crippen LogP contribution in [-0.4, -0.2) is 71.2 Å². The Morgan fingerprint density at radius 1 is 0.957 bits per heavy atom. The first-order chi connectivity index (χ1) is 21.7. The summed E-state index contributed by atoms with van der Waals surface area (Å²) >= 11 is 0. The first kappa shape index (κ1) is 35.8. The van der Waals surface area contributed by atoms with Crippen molar-refractivity contribution in [1.82, 2.24) is 15.6 Å². The third kappa shape index (κ3) is 12.7. The highest BCUT2D eigenvalue weighted by atomic mass is 16.6. The van der Waals surface area contributed by atoms with E-state index in [-0.39, 0.29) is 31.4 Å². The van der Waals surface area contributed by atoms with Crippen LogP contribution in [0.2, 0.25) is 0 Å². The Balaban J connectivity index is 1.47. The number of amides is 3. The molecule has 0 saturated carbocycles. The summed E-state index contributed by atoms with van der Waals surface area (Å²) in [6.07, 6.45) is 2.19. The Morgan fingerprint density at radius 3 is 2.30 bits per heavy atom. The molecule has 2 N–H and O–H groups in total. The third-order valence-electron chi connectivity index (χ3n) is 6.36. The van der Waals surface area contributed by atoms with Crippen LogP contribution in [-0.2, 0) is 35.2 Å². The monoisotopic (exact) mass is 639 g/mol. The van der Waals surface area contributed by atoms with Crippen molar-refractivity contribution in [2.75, 3.05) is 18.0 Å². The van der Waals surface area contributed by atoms with Crippen LogP contribution < -0.4 is 15.5 Å². The van der Waals surface area contributed by atoms with Crippen molar-refractivity contribution in [3.05, 3.63) is 60.3 Å². The molecule has 2 atom stereocenters. The summed E-state index contributed by atoms with van der Waals surface area (Å²) in [5, 5.41) is 9.05. The number of esters is 1. The molecule has 0 bridgehead atoms. The summed E-state index contributed by atoms with van der Waals surface area (Å²) < 4.78 is 16.2. The van der Waals surface area contributed by atoms with Gasteiger partial charge in [0.25, 0.3) is 5.91 Å². The van der Waals surface area contributed by atoms with Gasteiger partial charge in [-0.25, -0.2) is 19.4 Å². The van der Waals surface area contributed by atoms with Crippen molar-refractivity contribution in [2.45, 2.75) is 97.2 Å².